The molecule has 0 unspecified atom stereocenters. The summed E-state index contributed by atoms with van der Waals surface area (Å²) in [6.07, 6.45) is 4.36. The highest BCUT2D eigenvalue weighted by Crippen LogP contribution is 2.36. The highest BCUT2D eigenvalue weighted by Gasteiger charge is 2.13. The lowest BCUT2D eigenvalue weighted by atomic mass is 10.0. The molecule has 0 spiro atoms. The number of nitrogens with two attached hydrogens (primary N) is 1. The Bertz CT molecular complexity index is 369. The van der Waals surface area contributed by atoms with Crippen molar-refractivity contribution in [3.05, 3.63) is 22.7 Å². The number of hydrogen-bond acceptors (Lipinski definition) is 3. The van der Waals surface area contributed by atoms with E-state index in [4.69, 9.17) is 22.1 Å². The number of hydrogen-bond donors (Lipinski definition) is 2. The Morgan fingerprint density at radius 1 is 1.41 bits per heavy atom. The van der Waals surface area contributed by atoms with Crippen LogP contribution in [0, 0.1) is 0 Å². The van der Waals surface area contributed by atoms with Gasteiger partial charge >= 0.3 is 0 Å². The molecular formula is C13H20ClNO2. The summed E-state index contributed by atoms with van der Waals surface area (Å²) in [6, 6.07) is 3.39. The first kappa shape index (κ1) is 14.1. The lowest BCUT2D eigenvalue weighted by Gasteiger charge is -2.14. The average molecular weight is 258 g/mol. The van der Waals surface area contributed by atoms with E-state index in [1.165, 1.54) is 20.0 Å². The number of rotatable bonds is 6. The number of aromatic hydroxyl groups is 1. The van der Waals surface area contributed by atoms with Crippen molar-refractivity contribution < 1.29 is 9.84 Å². The van der Waals surface area contributed by atoms with E-state index in [0.717, 1.165) is 18.4 Å². The second-order valence-corrected chi connectivity index (χ2v) is 4.56. The first-order valence-corrected chi connectivity index (χ1v) is 6.29. The third-order valence-electron chi connectivity index (χ3n) is 2.82. The molecule has 0 heterocycles. The molecule has 0 radical (unpaired) electrons. The molecule has 0 saturated carbocycles. The van der Waals surface area contributed by atoms with Gasteiger partial charge in [0.25, 0.3) is 0 Å². The quantitative estimate of drug-likeness (QED) is 0.765. The molecule has 1 aromatic carbocycles. The molecule has 0 amide bonds. The molecule has 96 valence electrons. The topological polar surface area (TPSA) is 55.5 Å². The van der Waals surface area contributed by atoms with E-state index in [1.807, 2.05) is 0 Å². The fourth-order valence-corrected chi connectivity index (χ4v) is 1.96. The number of benzene rings is 1. The van der Waals surface area contributed by atoms with Gasteiger partial charge in [-0.3, -0.25) is 0 Å². The van der Waals surface area contributed by atoms with Crippen molar-refractivity contribution in [3.63, 3.8) is 0 Å². The van der Waals surface area contributed by atoms with Gasteiger partial charge in [-0.05, 0) is 24.1 Å². The smallest absolute Gasteiger partial charge is 0.176 e. The molecule has 1 aromatic rings. The number of phenols is 1. The Kier molecular flexibility index (Phi) is 5.59. The van der Waals surface area contributed by atoms with Gasteiger partial charge in [0.1, 0.15) is 0 Å². The Morgan fingerprint density at radius 2 is 2.12 bits per heavy atom. The van der Waals surface area contributed by atoms with Gasteiger partial charge in [-0.1, -0.05) is 37.8 Å². The number of ether oxygens (including phenoxy) is 1. The van der Waals surface area contributed by atoms with Crippen molar-refractivity contribution in [2.45, 2.75) is 38.6 Å². The highest BCUT2D eigenvalue weighted by molar-refractivity contribution is 6.32. The van der Waals surface area contributed by atoms with E-state index in [2.05, 4.69) is 6.92 Å². The summed E-state index contributed by atoms with van der Waals surface area (Å²) in [6.45, 7) is 2.16. The minimum Gasteiger partial charge on any atom is -0.503 e. The van der Waals surface area contributed by atoms with Crippen LogP contribution in [0.3, 0.4) is 0 Å². The molecule has 17 heavy (non-hydrogen) atoms. The molecule has 0 saturated heterocycles. The Morgan fingerprint density at radius 3 is 2.71 bits per heavy atom. The minimum absolute atomic E-state index is 0.0290. The summed E-state index contributed by atoms with van der Waals surface area (Å²) in [5, 5.41) is 9.90. The van der Waals surface area contributed by atoms with Crippen LogP contribution in [0.5, 0.6) is 11.5 Å². The number of methoxy groups -OCH3 is 1. The van der Waals surface area contributed by atoms with Gasteiger partial charge in [0.15, 0.2) is 11.5 Å². The van der Waals surface area contributed by atoms with E-state index in [1.54, 1.807) is 12.1 Å². The molecule has 0 fully saturated rings. The minimum atomic E-state index is -0.0615. The first-order chi connectivity index (χ1) is 8.10. The van der Waals surface area contributed by atoms with E-state index in [9.17, 15) is 5.11 Å². The van der Waals surface area contributed by atoms with Gasteiger partial charge in [-0.2, -0.15) is 0 Å². The van der Waals surface area contributed by atoms with Crippen LogP contribution >= 0.6 is 11.6 Å². The SMILES string of the molecule is CCCCC[C@@H](N)c1cc(Cl)c(O)c(OC)c1. The van der Waals surface area contributed by atoms with Crippen LogP contribution in [0.4, 0.5) is 0 Å². The molecule has 0 aliphatic carbocycles. The van der Waals surface area contributed by atoms with Crippen molar-refractivity contribution in [1.29, 1.82) is 0 Å². The molecule has 3 nitrogen and oxygen atoms in total. The lowest BCUT2D eigenvalue weighted by molar-refractivity contribution is 0.372. The van der Waals surface area contributed by atoms with Crippen LogP contribution in [-0.2, 0) is 0 Å². The molecule has 4 heteroatoms. The van der Waals surface area contributed by atoms with E-state index < -0.39 is 0 Å². The third-order valence-corrected chi connectivity index (χ3v) is 3.11. The maximum Gasteiger partial charge on any atom is 0.176 e. The molecular weight excluding hydrogens is 238 g/mol. The Labute approximate surface area is 108 Å². The Balaban J connectivity index is 2.79. The molecule has 0 aliphatic rings. The van der Waals surface area contributed by atoms with Crippen LogP contribution in [-0.4, -0.2) is 12.2 Å². The molecule has 0 aromatic heterocycles. The second kappa shape index (κ2) is 6.72. The van der Waals surface area contributed by atoms with Crippen molar-refractivity contribution >= 4 is 11.6 Å². The monoisotopic (exact) mass is 257 g/mol. The van der Waals surface area contributed by atoms with Gasteiger partial charge in [0.2, 0.25) is 0 Å². The van der Waals surface area contributed by atoms with Crippen LogP contribution in [0.15, 0.2) is 12.1 Å². The predicted octanol–water partition coefficient (Wildman–Crippen LogP) is 3.63. The highest BCUT2D eigenvalue weighted by atomic mass is 35.5. The maximum atomic E-state index is 9.62. The van der Waals surface area contributed by atoms with Crippen molar-refractivity contribution in [3.8, 4) is 11.5 Å². The van der Waals surface area contributed by atoms with Gasteiger partial charge in [-0.25, -0.2) is 0 Å². The van der Waals surface area contributed by atoms with Crippen LogP contribution < -0.4 is 10.5 Å². The standard InChI is InChI=1S/C13H20ClNO2/c1-3-4-5-6-11(15)9-7-10(14)13(16)12(8-9)17-2/h7-8,11,16H,3-6,15H2,1-2H3/t11-/m1/s1. The van der Waals surface area contributed by atoms with Crippen molar-refractivity contribution in [1.82, 2.24) is 0 Å². The summed E-state index contributed by atoms with van der Waals surface area (Å²) in [5.41, 5.74) is 6.99. The van der Waals surface area contributed by atoms with Gasteiger partial charge < -0.3 is 15.6 Å². The van der Waals surface area contributed by atoms with Crippen LogP contribution in [0.1, 0.15) is 44.2 Å². The summed E-state index contributed by atoms with van der Waals surface area (Å²) in [7, 11) is 1.50. The van der Waals surface area contributed by atoms with Gasteiger partial charge in [0.05, 0.1) is 12.1 Å². The van der Waals surface area contributed by atoms with E-state index in [-0.39, 0.29) is 16.8 Å². The fraction of sp³-hybridized carbons (Fsp3) is 0.538. The lowest BCUT2D eigenvalue weighted by Crippen LogP contribution is -2.10. The number of phenolic OH excluding ortho intramolecular Hbond substituents is 1. The molecule has 0 bridgehead atoms. The number of unbranched alkanes of at least 4 members (excludes halogenated alkanes) is 2. The van der Waals surface area contributed by atoms with Crippen LogP contribution in [0.2, 0.25) is 5.02 Å². The van der Waals surface area contributed by atoms with Crippen molar-refractivity contribution in [2.24, 2.45) is 5.73 Å². The van der Waals surface area contributed by atoms with E-state index in [0.29, 0.717) is 5.75 Å². The summed E-state index contributed by atoms with van der Waals surface area (Å²) >= 11 is 5.92. The zero-order valence-corrected chi connectivity index (χ0v) is 11.1. The zero-order chi connectivity index (χ0) is 12.8. The summed E-state index contributed by atoms with van der Waals surface area (Å²) in [4.78, 5) is 0. The van der Waals surface area contributed by atoms with Gasteiger partial charge in [0, 0.05) is 6.04 Å². The number of halogens is 1. The Hall–Kier alpha value is -0.930. The molecule has 3 N–H and O–H groups in total. The van der Waals surface area contributed by atoms with Crippen molar-refractivity contribution in [2.75, 3.05) is 7.11 Å². The molecule has 1 rings (SSSR count). The predicted molar refractivity (Wildman–Crippen MR) is 70.7 cm³/mol. The first-order valence-electron chi connectivity index (χ1n) is 5.92. The van der Waals surface area contributed by atoms with Crippen LogP contribution in [0.25, 0.3) is 0 Å². The van der Waals surface area contributed by atoms with Gasteiger partial charge in [-0.15, -0.1) is 0 Å². The maximum absolute atomic E-state index is 9.62. The molecule has 1 atom stereocenters. The molecule has 0 aliphatic heterocycles. The fourth-order valence-electron chi connectivity index (χ4n) is 1.74. The van der Waals surface area contributed by atoms with E-state index >= 15 is 0 Å². The zero-order valence-electron chi connectivity index (χ0n) is 10.4. The normalized spacial score (nSPS) is 12.5. The summed E-state index contributed by atoms with van der Waals surface area (Å²) in [5.74, 6) is 0.345. The third kappa shape index (κ3) is 3.79. The second-order valence-electron chi connectivity index (χ2n) is 4.16. The summed E-state index contributed by atoms with van der Waals surface area (Å²) < 4.78 is 5.05. The largest absolute Gasteiger partial charge is 0.503 e. The average Bonchev–Trinajstić information content (AvgIpc) is 2.32.